The lowest BCUT2D eigenvalue weighted by Gasteiger charge is -2.38. The number of amides is 1. The number of fused-ring (bicyclic) bond motifs is 1. The number of likely N-dealkylation sites (tertiary alicyclic amines) is 1. The molecule has 2 unspecified atom stereocenters. The van der Waals surface area contributed by atoms with Gasteiger partial charge in [-0.3, -0.25) is 0 Å². The Kier molecular flexibility index (Phi) is 4.42. The molecule has 2 aromatic heterocycles. The zero-order valence-corrected chi connectivity index (χ0v) is 15.2. The van der Waals surface area contributed by atoms with Crippen molar-refractivity contribution in [3.05, 3.63) is 23.7 Å². The Morgan fingerprint density at radius 1 is 1.42 bits per heavy atom. The van der Waals surface area contributed by atoms with Crippen LogP contribution in [0.4, 0.5) is 4.79 Å². The number of hydrogen-bond acceptors (Lipinski definition) is 4. The summed E-state index contributed by atoms with van der Waals surface area (Å²) in [6.07, 6.45) is 4.38. The lowest BCUT2D eigenvalue weighted by Crippen LogP contribution is -2.45. The van der Waals surface area contributed by atoms with Crippen molar-refractivity contribution in [2.75, 3.05) is 13.1 Å². The van der Waals surface area contributed by atoms with Crippen LogP contribution in [0.25, 0.3) is 11.0 Å². The van der Waals surface area contributed by atoms with Crippen LogP contribution in [0.5, 0.6) is 0 Å². The van der Waals surface area contributed by atoms with Gasteiger partial charge in [-0.1, -0.05) is 6.92 Å². The quantitative estimate of drug-likeness (QED) is 0.732. The van der Waals surface area contributed by atoms with Crippen LogP contribution in [0.1, 0.15) is 40.2 Å². The molecule has 1 aliphatic heterocycles. The van der Waals surface area contributed by atoms with E-state index in [-0.39, 0.29) is 23.3 Å². The minimum atomic E-state index is -0.471. The topological polar surface area (TPSA) is 60.2 Å². The molecule has 6 nitrogen and oxygen atoms in total. The summed E-state index contributed by atoms with van der Waals surface area (Å²) in [6, 6.07) is 2.27. The first kappa shape index (κ1) is 17.0. The standard InChI is InChI=1S/C17H23ClN4O2/c1-11-10-21(16(23)24-17(2,3)4)7-6-13(11)22-8-5-12-9-19-15(18)20-14(12)22/h5,8-9,11,13H,6-7,10H2,1-4H3. The fourth-order valence-electron chi connectivity index (χ4n) is 3.22. The van der Waals surface area contributed by atoms with Crippen LogP contribution in [0.3, 0.4) is 0 Å². The molecule has 0 bridgehead atoms. The monoisotopic (exact) mass is 350 g/mol. The maximum atomic E-state index is 12.3. The van der Waals surface area contributed by atoms with E-state index in [1.165, 1.54) is 0 Å². The average molecular weight is 351 g/mol. The number of nitrogens with zero attached hydrogens (tertiary/aromatic N) is 4. The maximum Gasteiger partial charge on any atom is 0.410 e. The van der Waals surface area contributed by atoms with E-state index in [0.717, 1.165) is 17.5 Å². The van der Waals surface area contributed by atoms with E-state index in [9.17, 15) is 4.79 Å². The molecule has 2 aromatic rings. The van der Waals surface area contributed by atoms with Crippen molar-refractivity contribution in [3.63, 3.8) is 0 Å². The van der Waals surface area contributed by atoms with E-state index in [1.54, 1.807) is 11.1 Å². The highest BCUT2D eigenvalue weighted by atomic mass is 35.5. The predicted molar refractivity (Wildman–Crippen MR) is 93.2 cm³/mol. The van der Waals surface area contributed by atoms with Gasteiger partial charge in [-0.2, -0.15) is 4.98 Å². The van der Waals surface area contributed by atoms with E-state index in [1.807, 2.05) is 33.0 Å². The number of rotatable bonds is 1. The molecule has 0 radical (unpaired) electrons. The molecule has 0 aliphatic carbocycles. The molecule has 7 heteroatoms. The number of halogens is 1. The third-order valence-corrected chi connectivity index (χ3v) is 4.48. The first-order chi connectivity index (χ1) is 11.2. The predicted octanol–water partition coefficient (Wildman–Crippen LogP) is 3.90. The summed E-state index contributed by atoms with van der Waals surface area (Å²) < 4.78 is 7.63. The van der Waals surface area contributed by atoms with Crippen molar-refractivity contribution in [1.29, 1.82) is 0 Å². The van der Waals surface area contributed by atoms with Crippen molar-refractivity contribution >= 4 is 28.7 Å². The molecule has 130 valence electrons. The van der Waals surface area contributed by atoms with Gasteiger partial charge >= 0.3 is 6.09 Å². The van der Waals surface area contributed by atoms with Crippen molar-refractivity contribution in [1.82, 2.24) is 19.4 Å². The first-order valence-corrected chi connectivity index (χ1v) is 8.59. The van der Waals surface area contributed by atoms with Crippen LogP contribution in [-0.2, 0) is 4.74 Å². The highest BCUT2D eigenvalue weighted by Crippen LogP contribution is 2.31. The molecule has 0 aromatic carbocycles. The molecule has 3 rings (SSSR count). The molecular weight excluding hydrogens is 328 g/mol. The fourth-order valence-corrected chi connectivity index (χ4v) is 3.35. The summed E-state index contributed by atoms with van der Waals surface area (Å²) in [5, 5.41) is 1.22. The smallest absolute Gasteiger partial charge is 0.410 e. The number of aromatic nitrogens is 3. The van der Waals surface area contributed by atoms with E-state index < -0.39 is 5.60 Å². The number of carbonyl (C=O) groups is 1. The average Bonchev–Trinajstić information content (AvgIpc) is 2.88. The molecule has 1 amide bonds. The van der Waals surface area contributed by atoms with Gasteiger partial charge < -0.3 is 14.2 Å². The summed E-state index contributed by atoms with van der Waals surface area (Å²) >= 11 is 5.94. The van der Waals surface area contributed by atoms with E-state index in [2.05, 4.69) is 21.5 Å². The van der Waals surface area contributed by atoms with Crippen LogP contribution < -0.4 is 0 Å². The molecule has 0 N–H and O–H groups in total. The second kappa shape index (κ2) is 6.24. The zero-order valence-electron chi connectivity index (χ0n) is 14.5. The molecule has 3 heterocycles. The van der Waals surface area contributed by atoms with Crippen LogP contribution in [0, 0.1) is 5.92 Å². The summed E-state index contributed by atoms with van der Waals surface area (Å²) in [6.45, 7) is 9.14. The number of ether oxygens (including phenoxy) is 1. The number of hydrogen-bond donors (Lipinski definition) is 0. The van der Waals surface area contributed by atoms with Gasteiger partial charge in [0.25, 0.3) is 0 Å². The highest BCUT2D eigenvalue weighted by molar-refractivity contribution is 6.28. The SMILES string of the molecule is CC1CN(C(=O)OC(C)(C)C)CCC1n1ccc2cnc(Cl)nc21. The molecular formula is C17H23ClN4O2. The third kappa shape index (κ3) is 3.48. The Morgan fingerprint density at radius 2 is 2.17 bits per heavy atom. The van der Waals surface area contributed by atoms with E-state index in [4.69, 9.17) is 16.3 Å². The highest BCUT2D eigenvalue weighted by Gasteiger charge is 2.32. The molecule has 1 aliphatic rings. The van der Waals surface area contributed by atoms with Gasteiger partial charge in [-0.15, -0.1) is 0 Å². The van der Waals surface area contributed by atoms with Gasteiger partial charge in [0.15, 0.2) is 0 Å². The van der Waals surface area contributed by atoms with Gasteiger partial charge in [-0.25, -0.2) is 9.78 Å². The lowest BCUT2D eigenvalue weighted by molar-refractivity contribution is 0.0127. The van der Waals surface area contributed by atoms with Gasteiger partial charge in [0.1, 0.15) is 11.2 Å². The Morgan fingerprint density at radius 3 is 2.83 bits per heavy atom. The minimum absolute atomic E-state index is 0.240. The van der Waals surface area contributed by atoms with Crippen molar-refractivity contribution in [2.24, 2.45) is 5.92 Å². The van der Waals surface area contributed by atoms with Gasteiger partial charge in [0, 0.05) is 36.9 Å². The van der Waals surface area contributed by atoms with Gasteiger partial charge in [0.05, 0.1) is 0 Å². The second-order valence-electron chi connectivity index (χ2n) is 7.40. The largest absolute Gasteiger partial charge is 0.444 e. The van der Waals surface area contributed by atoms with E-state index >= 15 is 0 Å². The lowest BCUT2D eigenvalue weighted by atomic mass is 9.94. The molecule has 2 atom stereocenters. The number of carbonyl (C=O) groups excluding carboxylic acids is 1. The Hall–Kier alpha value is -1.82. The fraction of sp³-hybridized carbons (Fsp3) is 0.588. The normalized spacial score (nSPS) is 22.0. The molecule has 0 spiro atoms. The Bertz CT molecular complexity index is 753. The van der Waals surface area contributed by atoms with Crippen molar-refractivity contribution < 1.29 is 9.53 Å². The second-order valence-corrected chi connectivity index (χ2v) is 7.74. The van der Waals surface area contributed by atoms with Crippen LogP contribution >= 0.6 is 11.6 Å². The zero-order chi connectivity index (χ0) is 17.5. The van der Waals surface area contributed by atoms with Crippen LogP contribution in [0.15, 0.2) is 18.5 Å². The summed E-state index contributed by atoms with van der Waals surface area (Å²) in [7, 11) is 0. The summed E-state index contributed by atoms with van der Waals surface area (Å²) in [5.41, 5.74) is 0.374. The third-order valence-electron chi connectivity index (χ3n) is 4.29. The molecule has 1 fully saturated rings. The molecule has 1 saturated heterocycles. The van der Waals surface area contributed by atoms with E-state index in [0.29, 0.717) is 13.1 Å². The Balaban J connectivity index is 1.76. The van der Waals surface area contributed by atoms with Crippen molar-refractivity contribution in [3.8, 4) is 0 Å². The number of piperidine rings is 1. The first-order valence-electron chi connectivity index (χ1n) is 8.21. The molecule has 24 heavy (non-hydrogen) atoms. The summed E-state index contributed by atoms with van der Waals surface area (Å²) in [4.78, 5) is 22.4. The van der Waals surface area contributed by atoms with Crippen LogP contribution in [0.2, 0.25) is 5.28 Å². The van der Waals surface area contributed by atoms with Gasteiger partial charge in [-0.05, 0) is 50.8 Å². The van der Waals surface area contributed by atoms with Crippen molar-refractivity contribution in [2.45, 2.75) is 45.8 Å². The Labute approximate surface area is 146 Å². The van der Waals surface area contributed by atoms with Crippen LogP contribution in [-0.4, -0.2) is 44.2 Å². The molecule has 0 saturated carbocycles. The maximum absolute atomic E-state index is 12.3. The minimum Gasteiger partial charge on any atom is -0.444 e. The van der Waals surface area contributed by atoms with Gasteiger partial charge in [0.2, 0.25) is 5.28 Å². The summed E-state index contributed by atoms with van der Waals surface area (Å²) in [5.74, 6) is 0.288.